The molecule has 0 atom stereocenters. The van der Waals surface area contributed by atoms with Crippen LogP contribution in [0.4, 0.5) is 10.5 Å². The monoisotopic (exact) mass is 198 g/mol. The van der Waals surface area contributed by atoms with Crippen molar-refractivity contribution in [1.29, 1.82) is 0 Å². The summed E-state index contributed by atoms with van der Waals surface area (Å²) in [5.41, 5.74) is 5.34. The zero-order chi connectivity index (χ0) is 9.84. The highest BCUT2D eigenvalue weighted by molar-refractivity contribution is 6.30. The molecular formula is C8H7ClN2O2. The summed E-state index contributed by atoms with van der Waals surface area (Å²) in [7, 11) is 0. The highest BCUT2D eigenvalue weighted by Crippen LogP contribution is 2.16. The molecule has 1 aromatic carbocycles. The van der Waals surface area contributed by atoms with E-state index in [0.29, 0.717) is 17.1 Å². The van der Waals surface area contributed by atoms with Gasteiger partial charge in [-0.1, -0.05) is 11.6 Å². The van der Waals surface area contributed by atoms with E-state index in [1.807, 2.05) is 0 Å². The molecule has 4 nitrogen and oxygen atoms in total. The van der Waals surface area contributed by atoms with E-state index in [9.17, 15) is 9.59 Å². The quantitative estimate of drug-likeness (QED) is 0.730. The minimum atomic E-state index is -0.822. The first kappa shape index (κ1) is 9.54. The van der Waals surface area contributed by atoms with Crippen molar-refractivity contribution in [3.05, 3.63) is 29.3 Å². The van der Waals surface area contributed by atoms with Crippen LogP contribution in [0, 0.1) is 0 Å². The largest absolute Gasteiger partial charge is 0.351 e. The Bertz CT molecular complexity index is 323. The Kier molecular flexibility index (Phi) is 2.87. The fraction of sp³-hybridized carbons (Fsp3) is 0. The van der Waals surface area contributed by atoms with E-state index in [1.54, 1.807) is 12.1 Å². The average molecular weight is 199 g/mol. The van der Waals surface area contributed by atoms with Crippen LogP contribution >= 0.6 is 11.6 Å². The lowest BCUT2D eigenvalue weighted by Gasteiger charge is -2.11. The van der Waals surface area contributed by atoms with Crippen molar-refractivity contribution >= 4 is 29.7 Å². The fourth-order valence-corrected chi connectivity index (χ4v) is 0.968. The van der Waals surface area contributed by atoms with E-state index in [1.165, 1.54) is 12.1 Å². The maximum atomic E-state index is 10.7. The van der Waals surface area contributed by atoms with Crippen LogP contribution in [0.15, 0.2) is 24.3 Å². The number of nitrogens with two attached hydrogens (primary N) is 1. The Morgan fingerprint density at radius 1 is 1.38 bits per heavy atom. The maximum Gasteiger partial charge on any atom is 0.325 e. The molecule has 0 aliphatic rings. The van der Waals surface area contributed by atoms with Crippen molar-refractivity contribution in [3.63, 3.8) is 0 Å². The van der Waals surface area contributed by atoms with Crippen LogP contribution in [0.3, 0.4) is 0 Å². The second-order valence-electron chi connectivity index (χ2n) is 2.29. The Balaban J connectivity index is 2.99. The Labute approximate surface area is 79.9 Å². The summed E-state index contributed by atoms with van der Waals surface area (Å²) in [6, 6.07) is 5.37. The number of hydrogen-bond donors (Lipinski definition) is 1. The Morgan fingerprint density at radius 3 is 2.31 bits per heavy atom. The molecule has 0 aliphatic heterocycles. The van der Waals surface area contributed by atoms with Gasteiger partial charge in [0.1, 0.15) is 0 Å². The normalized spacial score (nSPS) is 9.31. The van der Waals surface area contributed by atoms with E-state index in [-0.39, 0.29) is 0 Å². The molecule has 0 fully saturated rings. The number of amides is 3. The SMILES string of the molecule is NC(=O)N(C=O)c1ccc(Cl)cc1. The number of urea groups is 1. The highest BCUT2D eigenvalue weighted by atomic mass is 35.5. The van der Waals surface area contributed by atoms with Crippen molar-refractivity contribution < 1.29 is 9.59 Å². The van der Waals surface area contributed by atoms with E-state index < -0.39 is 6.03 Å². The number of halogens is 1. The predicted molar refractivity (Wildman–Crippen MR) is 49.6 cm³/mol. The van der Waals surface area contributed by atoms with Crippen LogP contribution in [-0.2, 0) is 4.79 Å². The molecule has 1 aromatic rings. The highest BCUT2D eigenvalue weighted by Gasteiger charge is 2.09. The fourth-order valence-electron chi connectivity index (χ4n) is 0.842. The second-order valence-corrected chi connectivity index (χ2v) is 2.73. The molecule has 0 radical (unpaired) electrons. The number of carbonyl (C=O) groups is 2. The minimum absolute atomic E-state index is 0.353. The number of imide groups is 1. The summed E-state index contributed by atoms with van der Waals surface area (Å²) in [6.45, 7) is 0. The second kappa shape index (κ2) is 3.91. The summed E-state index contributed by atoms with van der Waals surface area (Å²) in [4.78, 5) is 21.9. The summed E-state index contributed by atoms with van der Waals surface area (Å²) in [6.07, 6.45) is 0.353. The lowest BCUT2D eigenvalue weighted by atomic mass is 10.3. The van der Waals surface area contributed by atoms with Crippen molar-refractivity contribution in [1.82, 2.24) is 0 Å². The number of nitrogens with zero attached hydrogens (tertiary/aromatic N) is 1. The Morgan fingerprint density at radius 2 is 1.92 bits per heavy atom. The van der Waals surface area contributed by atoms with Gasteiger partial charge in [0.25, 0.3) is 0 Å². The van der Waals surface area contributed by atoms with E-state index >= 15 is 0 Å². The molecule has 0 aliphatic carbocycles. The first-order valence-corrected chi connectivity index (χ1v) is 3.82. The topological polar surface area (TPSA) is 63.4 Å². The first-order valence-electron chi connectivity index (χ1n) is 3.44. The number of carbonyl (C=O) groups excluding carboxylic acids is 2. The van der Waals surface area contributed by atoms with Gasteiger partial charge in [0.05, 0.1) is 5.69 Å². The zero-order valence-electron chi connectivity index (χ0n) is 6.61. The molecule has 13 heavy (non-hydrogen) atoms. The molecular weight excluding hydrogens is 192 g/mol. The van der Waals surface area contributed by atoms with Crippen molar-refractivity contribution in [2.24, 2.45) is 5.73 Å². The third kappa shape index (κ3) is 2.19. The first-order chi connectivity index (χ1) is 6.15. The van der Waals surface area contributed by atoms with Gasteiger partial charge in [-0.05, 0) is 24.3 Å². The van der Waals surface area contributed by atoms with Crippen LogP contribution in [0.5, 0.6) is 0 Å². The van der Waals surface area contributed by atoms with E-state index in [2.05, 4.69) is 0 Å². The predicted octanol–water partition coefficient (Wildman–Crippen LogP) is 1.38. The molecule has 0 saturated carbocycles. The van der Waals surface area contributed by atoms with Gasteiger partial charge in [0.15, 0.2) is 0 Å². The van der Waals surface area contributed by atoms with Crippen LogP contribution in [0.1, 0.15) is 0 Å². The molecule has 0 spiro atoms. The molecule has 3 amide bonds. The molecule has 1 rings (SSSR count). The third-order valence-corrected chi connectivity index (χ3v) is 1.70. The van der Waals surface area contributed by atoms with Crippen LogP contribution in [-0.4, -0.2) is 12.4 Å². The van der Waals surface area contributed by atoms with E-state index in [4.69, 9.17) is 17.3 Å². The Hall–Kier alpha value is -1.55. The van der Waals surface area contributed by atoms with Gasteiger partial charge in [-0.15, -0.1) is 0 Å². The molecule has 0 unspecified atom stereocenters. The van der Waals surface area contributed by atoms with Gasteiger partial charge in [0.2, 0.25) is 6.41 Å². The van der Waals surface area contributed by atoms with Crippen LogP contribution < -0.4 is 10.6 Å². The summed E-state index contributed by atoms with van der Waals surface area (Å²) < 4.78 is 0. The van der Waals surface area contributed by atoms with Crippen molar-refractivity contribution in [3.8, 4) is 0 Å². The number of hydrogen-bond acceptors (Lipinski definition) is 2. The minimum Gasteiger partial charge on any atom is -0.351 e. The summed E-state index contributed by atoms with van der Waals surface area (Å²) >= 11 is 5.62. The lowest BCUT2D eigenvalue weighted by molar-refractivity contribution is -0.106. The average Bonchev–Trinajstić information content (AvgIpc) is 2.09. The number of primary amides is 1. The summed E-state index contributed by atoms with van der Waals surface area (Å²) in [5, 5.41) is 0.527. The lowest BCUT2D eigenvalue weighted by Crippen LogP contribution is -2.34. The van der Waals surface area contributed by atoms with Gasteiger partial charge in [-0.3, -0.25) is 4.79 Å². The number of benzene rings is 1. The van der Waals surface area contributed by atoms with Gasteiger partial charge in [0, 0.05) is 5.02 Å². The molecule has 0 aromatic heterocycles. The van der Waals surface area contributed by atoms with Crippen molar-refractivity contribution in [2.75, 3.05) is 4.90 Å². The molecule has 0 bridgehead atoms. The standard InChI is InChI=1S/C8H7ClN2O2/c9-6-1-3-7(4-2-6)11(5-12)8(10)13/h1-5H,(H2,10,13). The zero-order valence-corrected chi connectivity index (χ0v) is 7.36. The van der Waals surface area contributed by atoms with E-state index in [0.717, 1.165) is 4.90 Å². The molecule has 68 valence electrons. The van der Waals surface area contributed by atoms with Gasteiger partial charge in [-0.2, -0.15) is 0 Å². The molecule has 0 saturated heterocycles. The summed E-state index contributed by atoms with van der Waals surface area (Å²) in [5.74, 6) is 0. The number of anilines is 1. The molecule has 5 heteroatoms. The van der Waals surface area contributed by atoms with Crippen LogP contribution in [0.2, 0.25) is 5.02 Å². The van der Waals surface area contributed by atoms with Crippen molar-refractivity contribution in [2.45, 2.75) is 0 Å². The van der Waals surface area contributed by atoms with Crippen LogP contribution in [0.25, 0.3) is 0 Å². The molecule has 0 heterocycles. The molecule has 2 N–H and O–H groups in total. The third-order valence-electron chi connectivity index (χ3n) is 1.45. The number of rotatable bonds is 2. The van der Waals surface area contributed by atoms with Gasteiger partial charge >= 0.3 is 6.03 Å². The van der Waals surface area contributed by atoms with Gasteiger partial charge < -0.3 is 5.73 Å². The maximum absolute atomic E-state index is 10.7. The smallest absolute Gasteiger partial charge is 0.325 e. The van der Waals surface area contributed by atoms with Gasteiger partial charge in [-0.25, -0.2) is 9.69 Å².